The van der Waals surface area contributed by atoms with Crippen molar-refractivity contribution in [2.45, 2.75) is 4.90 Å². The van der Waals surface area contributed by atoms with Crippen LogP contribution in [0.3, 0.4) is 0 Å². The highest BCUT2D eigenvalue weighted by atomic mass is 35.5. The van der Waals surface area contributed by atoms with E-state index in [2.05, 4.69) is 10.6 Å². The van der Waals surface area contributed by atoms with Crippen LogP contribution in [0.5, 0.6) is 0 Å². The highest BCUT2D eigenvalue weighted by Crippen LogP contribution is 2.27. The second-order valence-electron chi connectivity index (χ2n) is 5.75. The van der Waals surface area contributed by atoms with Crippen LogP contribution in [0.25, 0.3) is 0 Å². The van der Waals surface area contributed by atoms with Crippen molar-refractivity contribution in [3.63, 3.8) is 0 Å². The van der Waals surface area contributed by atoms with Crippen molar-refractivity contribution in [3.05, 3.63) is 23.2 Å². The third-order valence-corrected chi connectivity index (χ3v) is 6.16. The largest absolute Gasteiger partial charge is 0.379 e. The Labute approximate surface area is 163 Å². The van der Waals surface area contributed by atoms with Crippen LogP contribution in [0.1, 0.15) is 0 Å². The van der Waals surface area contributed by atoms with Crippen LogP contribution in [0, 0.1) is 0 Å². The third kappa shape index (κ3) is 5.27. The van der Waals surface area contributed by atoms with Gasteiger partial charge in [0.1, 0.15) is 0 Å². The smallest absolute Gasteiger partial charge is 0.243 e. The molecule has 1 fully saturated rings. The molecule has 1 aromatic carbocycles. The molecule has 2 N–H and O–H groups in total. The summed E-state index contributed by atoms with van der Waals surface area (Å²) >= 11 is 11.3. The zero-order valence-corrected chi connectivity index (χ0v) is 16.9. The number of nitrogens with zero attached hydrogens (tertiary/aromatic N) is 2. The molecule has 144 valence electrons. The molecule has 2 rings (SSSR count). The minimum atomic E-state index is -3.64. The first-order chi connectivity index (χ1) is 12.2. The number of amides is 1. The SMILES string of the molecule is CN(C)C(=O)CNC(=S)Nc1cc(S(=O)(=O)N2CCOCC2)ccc1Cl. The lowest BCUT2D eigenvalue weighted by atomic mass is 10.3. The molecule has 0 radical (unpaired) electrons. The molecule has 1 aliphatic heterocycles. The number of carbonyl (C=O) groups excluding carboxylic acids is 1. The van der Waals surface area contributed by atoms with Gasteiger partial charge in [-0.2, -0.15) is 4.31 Å². The van der Waals surface area contributed by atoms with Gasteiger partial charge in [0.2, 0.25) is 15.9 Å². The third-order valence-electron chi connectivity index (χ3n) is 3.69. The number of thiocarbonyl (C=S) groups is 1. The fraction of sp³-hybridized carbons (Fsp3) is 0.467. The molecule has 0 bridgehead atoms. The molecule has 0 aliphatic carbocycles. The summed E-state index contributed by atoms with van der Waals surface area (Å²) in [4.78, 5) is 13.1. The van der Waals surface area contributed by atoms with Crippen molar-refractivity contribution >= 4 is 50.5 Å². The Bertz CT molecular complexity index is 780. The van der Waals surface area contributed by atoms with Crippen LogP contribution in [0.2, 0.25) is 5.02 Å². The molecule has 0 atom stereocenters. The number of morpholine rings is 1. The topological polar surface area (TPSA) is 91.0 Å². The van der Waals surface area contributed by atoms with Gasteiger partial charge in [0, 0.05) is 27.2 Å². The Morgan fingerprint density at radius 1 is 1.35 bits per heavy atom. The minimum absolute atomic E-state index is 0.0161. The van der Waals surface area contributed by atoms with E-state index < -0.39 is 10.0 Å². The first kappa shape index (κ1) is 20.8. The summed E-state index contributed by atoms with van der Waals surface area (Å²) in [7, 11) is -0.371. The lowest BCUT2D eigenvalue weighted by Crippen LogP contribution is -2.40. The lowest BCUT2D eigenvalue weighted by molar-refractivity contribution is -0.127. The first-order valence-corrected chi connectivity index (χ1v) is 10.1. The number of likely N-dealkylation sites (N-methyl/N-ethyl adjacent to an activating group) is 1. The molecule has 1 amide bonds. The van der Waals surface area contributed by atoms with Gasteiger partial charge in [-0.05, 0) is 30.4 Å². The van der Waals surface area contributed by atoms with Gasteiger partial charge in [-0.15, -0.1) is 0 Å². The molecular weight excluding hydrogens is 400 g/mol. The van der Waals surface area contributed by atoms with Crippen LogP contribution < -0.4 is 10.6 Å². The quantitative estimate of drug-likeness (QED) is 0.679. The zero-order valence-electron chi connectivity index (χ0n) is 14.5. The van der Waals surface area contributed by atoms with Crippen LogP contribution >= 0.6 is 23.8 Å². The maximum Gasteiger partial charge on any atom is 0.243 e. The van der Waals surface area contributed by atoms with E-state index >= 15 is 0 Å². The maximum atomic E-state index is 12.7. The molecular formula is C15H21ClN4O4S2. The Kier molecular flexibility index (Phi) is 7.18. The predicted octanol–water partition coefficient (Wildman–Crippen LogP) is 0.736. The van der Waals surface area contributed by atoms with Crippen LogP contribution in [0.4, 0.5) is 5.69 Å². The summed E-state index contributed by atoms with van der Waals surface area (Å²) in [5, 5.41) is 6.07. The molecule has 1 saturated heterocycles. The normalized spacial score (nSPS) is 15.3. The molecule has 26 heavy (non-hydrogen) atoms. The monoisotopic (exact) mass is 420 g/mol. The minimum Gasteiger partial charge on any atom is -0.379 e. The van der Waals surface area contributed by atoms with Crippen molar-refractivity contribution in [1.82, 2.24) is 14.5 Å². The van der Waals surface area contributed by atoms with Gasteiger partial charge in [0.15, 0.2) is 5.11 Å². The summed E-state index contributed by atoms with van der Waals surface area (Å²) in [6, 6.07) is 4.37. The molecule has 1 aliphatic rings. The van der Waals surface area contributed by atoms with Crippen LogP contribution in [-0.4, -0.2) is 75.6 Å². The van der Waals surface area contributed by atoms with E-state index in [9.17, 15) is 13.2 Å². The number of anilines is 1. The van der Waals surface area contributed by atoms with E-state index in [1.807, 2.05) is 0 Å². The standard InChI is InChI=1S/C15H21ClN4O4S2/c1-19(2)14(21)10-17-15(25)18-13-9-11(3-4-12(13)16)26(22,23)20-5-7-24-8-6-20/h3-4,9H,5-8,10H2,1-2H3,(H2,17,18,25). The van der Waals surface area contributed by atoms with Gasteiger partial charge >= 0.3 is 0 Å². The second kappa shape index (κ2) is 8.96. The van der Waals surface area contributed by atoms with Gasteiger partial charge in [-0.3, -0.25) is 4.79 Å². The molecule has 0 saturated carbocycles. The van der Waals surface area contributed by atoms with E-state index in [1.165, 1.54) is 27.4 Å². The number of rotatable bonds is 5. The summed E-state index contributed by atoms with van der Waals surface area (Å²) in [5.74, 6) is -0.149. The second-order valence-corrected chi connectivity index (χ2v) is 8.51. The molecule has 8 nitrogen and oxygen atoms in total. The fourth-order valence-corrected chi connectivity index (χ4v) is 3.96. The van der Waals surface area contributed by atoms with Gasteiger partial charge in [-0.1, -0.05) is 11.6 Å². The number of hydrogen-bond donors (Lipinski definition) is 2. The van der Waals surface area contributed by atoms with E-state index in [4.69, 9.17) is 28.6 Å². The van der Waals surface area contributed by atoms with Gasteiger partial charge in [-0.25, -0.2) is 8.42 Å². The van der Waals surface area contributed by atoms with Crippen molar-refractivity contribution in [1.29, 1.82) is 0 Å². The summed E-state index contributed by atoms with van der Waals surface area (Å²) in [6.45, 7) is 1.36. The van der Waals surface area contributed by atoms with E-state index in [-0.39, 0.29) is 22.5 Å². The summed E-state index contributed by atoms with van der Waals surface area (Å²) < 4.78 is 32.0. The summed E-state index contributed by atoms with van der Waals surface area (Å²) in [6.07, 6.45) is 0. The van der Waals surface area contributed by atoms with Crippen molar-refractivity contribution < 1.29 is 17.9 Å². The van der Waals surface area contributed by atoms with Crippen LogP contribution in [0.15, 0.2) is 23.1 Å². The maximum absolute atomic E-state index is 12.7. The summed E-state index contributed by atoms with van der Waals surface area (Å²) in [5.41, 5.74) is 0.343. The van der Waals surface area contributed by atoms with Gasteiger partial charge in [0.05, 0.1) is 35.4 Å². The lowest BCUT2D eigenvalue weighted by Gasteiger charge is -2.26. The van der Waals surface area contributed by atoms with Gasteiger partial charge < -0.3 is 20.3 Å². The van der Waals surface area contributed by atoms with Crippen molar-refractivity contribution in [2.75, 3.05) is 52.3 Å². The molecule has 0 aromatic heterocycles. The highest BCUT2D eigenvalue weighted by Gasteiger charge is 2.27. The molecule has 11 heteroatoms. The van der Waals surface area contributed by atoms with Crippen LogP contribution in [-0.2, 0) is 19.6 Å². The molecule has 1 aromatic rings. The fourth-order valence-electron chi connectivity index (χ4n) is 2.18. The average Bonchev–Trinajstić information content (AvgIpc) is 2.62. The predicted molar refractivity (Wildman–Crippen MR) is 104 cm³/mol. The number of hydrogen-bond acceptors (Lipinski definition) is 5. The van der Waals surface area contributed by atoms with E-state index in [1.54, 1.807) is 14.1 Å². The zero-order chi connectivity index (χ0) is 19.3. The molecule has 0 spiro atoms. The molecule has 1 heterocycles. The van der Waals surface area contributed by atoms with E-state index in [0.29, 0.717) is 37.0 Å². The number of benzene rings is 1. The first-order valence-electron chi connectivity index (χ1n) is 7.84. The number of carbonyl (C=O) groups is 1. The number of halogens is 1. The highest BCUT2D eigenvalue weighted by molar-refractivity contribution is 7.89. The average molecular weight is 421 g/mol. The Morgan fingerprint density at radius 3 is 2.62 bits per heavy atom. The van der Waals surface area contributed by atoms with Crippen molar-refractivity contribution in [3.8, 4) is 0 Å². The number of nitrogens with one attached hydrogen (secondary N) is 2. The Balaban J connectivity index is 2.11. The van der Waals surface area contributed by atoms with E-state index in [0.717, 1.165) is 0 Å². The Morgan fingerprint density at radius 2 is 2.00 bits per heavy atom. The Hall–Kier alpha value is -1.46. The number of ether oxygens (including phenoxy) is 1. The molecule has 0 unspecified atom stereocenters. The van der Waals surface area contributed by atoms with Gasteiger partial charge in [0.25, 0.3) is 0 Å². The number of sulfonamides is 1. The van der Waals surface area contributed by atoms with Crippen molar-refractivity contribution in [2.24, 2.45) is 0 Å².